The number of rotatable bonds is 3. The molecule has 108 valence electrons. The highest BCUT2D eigenvalue weighted by Crippen LogP contribution is 2.28. The topological polar surface area (TPSA) is 111 Å². The number of hydrogen-bond acceptors (Lipinski definition) is 5. The zero-order chi connectivity index (χ0) is 15.6. The van der Waals surface area contributed by atoms with E-state index in [1.165, 1.54) is 30.3 Å². The maximum absolute atomic E-state index is 12.1. The summed E-state index contributed by atoms with van der Waals surface area (Å²) >= 11 is 8.93. The third-order valence-corrected chi connectivity index (χ3v) is 3.46. The Morgan fingerprint density at radius 1 is 1.38 bits per heavy atom. The molecule has 3 N–H and O–H groups in total. The van der Waals surface area contributed by atoms with Gasteiger partial charge in [0.2, 0.25) is 0 Å². The lowest BCUT2D eigenvalue weighted by molar-refractivity contribution is -0.385. The molecule has 1 heterocycles. The number of pyridine rings is 1. The first-order valence-corrected chi connectivity index (χ1v) is 6.73. The predicted octanol–water partition coefficient (Wildman–Crippen LogP) is 3.24. The van der Waals surface area contributed by atoms with E-state index < -0.39 is 10.8 Å². The van der Waals surface area contributed by atoms with Crippen LogP contribution in [0, 0.1) is 10.1 Å². The van der Waals surface area contributed by atoms with Crippen LogP contribution in [0.5, 0.6) is 0 Å². The molecule has 7 nitrogen and oxygen atoms in total. The Morgan fingerprint density at radius 3 is 2.76 bits per heavy atom. The van der Waals surface area contributed by atoms with Crippen molar-refractivity contribution >= 4 is 50.6 Å². The van der Waals surface area contributed by atoms with Crippen molar-refractivity contribution in [2.75, 3.05) is 11.1 Å². The second-order valence-electron chi connectivity index (χ2n) is 3.94. The first kappa shape index (κ1) is 15.2. The van der Waals surface area contributed by atoms with Gasteiger partial charge in [0.05, 0.1) is 14.4 Å². The lowest BCUT2D eigenvalue weighted by Crippen LogP contribution is -2.15. The molecule has 0 atom stereocenters. The Balaban J connectivity index is 2.29. The Morgan fingerprint density at radius 2 is 2.10 bits per heavy atom. The maximum atomic E-state index is 12.1. The van der Waals surface area contributed by atoms with Gasteiger partial charge in [-0.2, -0.15) is 0 Å². The van der Waals surface area contributed by atoms with Crippen molar-refractivity contribution in [3.05, 3.63) is 55.6 Å². The van der Waals surface area contributed by atoms with E-state index in [1.807, 2.05) is 0 Å². The number of hydrogen-bond donors (Lipinski definition) is 2. The van der Waals surface area contributed by atoms with Crippen LogP contribution in [0.15, 0.2) is 34.8 Å². The average Bonchev–Trinajstić information content (AvgIpc) is 2.43. The fourth-order valence-corrected chi connectivity index (χ4v) is 2.12. The standard InChI is InChI=1S/C12H8BrClN4O3/c13-7-2-1-6(5-9(7)18(20)21)16-12(19)11-8(14)3-4-10(15)17-11/h1-5H,(H2,15,17)(H,16,19). The molecule has 0 saturated heterocycles. The van der Waals surface area contributed by atoms with Gasteiger partial charge in [0.1, 0.15) is 11.5 Å². The summed E-state index contributed by atoms with van der Waals surface area (Å²) < 4.78 is 0.311. The molecule has 0 bridgehead atoms. The second kappa shape index (κ2) is 6.06. The molecule has 0 fully saturated rings. The number of amides is 1. The number of carbonyl (C=O) groups is 1. The van der Waals surface area contributed by atoms with Crippen molar-refractivity contribution in [3.8, 4) is 0 Å². The van der Waals surface area contributed by atoms with Gasteiger partial charge < -0.3 is 11.1 Å². The molecule has 0 saturated carbocycles. The smallest absolute Gasteiger partial charge is 0.285 e. The summed E-state index contributed by atoms with van der Waals surface area (Å²) in [5.74, 6) is -0.463. The largest absolute Gasteiger partial charge is 0.384 e. The fraction of sp³-hybridized carbons (Fsp3) is 0. The number of nitrogens with two attached hydrogens (primary N) is 1. The van der Waals surface area contributed by atoms with E-state index in [1.54, 1.807) is 0 Å². The summed E-state index contributed by atoms with van der Waals surface area (Å²) in [6, 6.07) is 7.10. The normalized spacial score (nSPS) is 10.2. The van der Waals surface area contributed by atoms with Gasteiger partial charge in [0.15, 0.2) is 0 Å². The van der Waals surface area contributed by atoms with Crippen molar-refractivity contribution in [3.63, 3.8) is 0 Å². The molecule has 9 heteroatoms. The third-order valence-electron chi connectivity index (χ3n) is 2.48. The summed E-state index contributed by atoms with van der Waals surface area (Å²) in [6.45, 7) is 0. The zero-order valence-electron chi connectivity index (χ0n) is 10.3. The van der Waals surface area contributed by atoms with Gasteiger partial charge >= 0.3 is 0 Å². The number of nitro groups is 1. The van der Waals surface area contributed by atoms with E-state index in [4.69, 9.17) is 17.3 Å². The van der Waals surface area contributed by atoms with Gasteiger partial charge in [0, 0.05) is 11.8 Å². The van der Waals surface area contributed by atoms with E-state index in [9.17, 15) is 14.9 Å². The lowest BCUT2D eigenvalue weighted by atomic mass is 10.2. The molecule has 0 unspecified atom stereocenters. The van der Waals surface area contributed by atoms with Crippen molar-refractivity contribution < 1.29 is 9.72 Å². The van der Waals surface area contributed by atoms with Crippen molar-refractivity contribution in [2.45, 2.75) is 0 Å². The Labute approximate surface area is 132 Å². The number of halogens is 2. The van der Waals surface area contributed by atoms with E-state index in [2.05, 4.69) is 26.2 Å². The molecule has 0 aliphatic carbocycles. The van der Waals surface area contributed by atoms with Crippen LogP contribution >= 0.6 is 27.5 Å². The molecule has 0 radical (unpaired) electrons. The van der Waals surface area contributed by atoms with Crippen LogP contribution in [-0.4, -0.2) is 15.8 Å². The summed E-state index contributed by atoms with van der Waals surface area (Å²) in [4.78, 5) is 26.2. The van der Waals surface area contributed by atoms with Crippen LogP contribution in [0.1, 0.15) is 10.5 Å². The van der Waals surface area contributed by atoms with E-state index in [0.29, 0.717) is 4.47 Å². The van der Waals surface area contributed by atoms with Crippen LogP contribution in [0.25, 0.3) is 0 Å². The van der Waals surface area contributed by atoms with Gasteiger partial charge in [-0.3, -0.25) is 14.9 Å². The van der Waals surface area contributed by atoms with Gasteiger partial charge in [-0.15, -0.1) is 0 Å². The Bertz CT molecular complexity index is 738. The van der Waals surface area contributed by atoms with Crippen molar-refractivity contribution in [1.29, 1.82) is 0 Å². The highest BCUT2D eigenvalue weighted by Gasteiger charge is 2.16. The van der Waals surface area contributed by atoms with Gasteiger partial charge in [-0.05, 0) is 40.2 Å². The highest BCUT2D eigenvalue weighted by atomic mass is 79.9. The second-order valence-corrected chi connectivity index (χ2v) is 5.21. The Kier molecular flexibility index (Phi) is 4.39. The quantitative estimate of drug-likeness (QED) is 0.635. The minimum absolute atomic E-state index is 0.0535. The molecule has 1 amide bonds. The number of nitro benzene ring substituents is 1. The third kappa shape index (κ3) is 3.47. The Hall–Kier alpha value is -2.19. The van der Waals surface area contributed by atoms with E-state index in [-0.39, 0.29) is 27.9 Å². The SMILES string of the molecule is Nc1ccc(Cl)c(C(=O)Nc2ccc(Br)c([N+](=O)[O-])c2)n1. The van der Waals surface area contributed by atoms with Crippen molar-refractivity contribution in [2.24, 2.45) is 0 Å². The maximum Gasteiger partial charge on any atom is 0.285 e. The van der Waals surface area contributed by atoms with Crippen LogP contribution < -0.4 is 11.1 Å². The highest BCUT2D eigenvalue weighted by molar-refractivity contribution is 9.10. The lowest BCUT2D eigenvalue weighted by Gasteiger charge is -2.07. The molecule has 1 aromatic heterocycles. The molecule has 0 spiro atoms. The van der Waals surface area contributed by atoms with Gasteiger partial charge in [-0.1, -0.05) is 11.6 Å². The number of nitrogens with zero attached hydrogens (tertiary/aromatic N) is 2. The molecular weight excluding hydrogens is 364 g/mol. The minimum atomic E-state index is -0.607. The number of anilines is 2. The van der Waals surface area contributed by atoms with Gasteiger partial charge in [0.25, 0.3) is 11.6 Å². The van der Waals surface area contributed by atoms with Crippen LogP contribution in [0.3, 0.4) is 0 Å². The summed E-state index contributed by atoms with van der Waals surface area (Å²) in [7, 11) is 0. The summed E-state index contributed by atoms with van der Waals surface area (Å²) in [5, 5.41) is 13.5. The first-order chi connectivity index (χ1) is 9.88. The molecule has 2 aromatic rings. The minimum Gasteiger partial charge on any atom is -0.384 e. The zero-order valence-corrected chi connectivity index (χ0v) is 12.7. The predicted molar refractivity (Wildman–Crippen MR) is 82.4 cm³/mol. The molecule has 0 aliphatic rings. The van der Waals surface area contributed by atoms with Crippen LogP contribution in [0.2, 0.25) is 5.02 Å². The van der Waals surface area contributed by atoms with E-state index in [0.717, 1.165) is 0 Å². The number of nitrogens with one attached hydrogen (secondary N) is 1. The van der Waals surface area contributed by atoms with Crippen LogP contribution in [-0.2, 0) is 0 Å². The monoisotopic (exact) mass is 370 g/mol. The number of carbonyl (C=O) groups excluding carboxylic acids is 1. The number of nitrogen functional groups attached to an aromatic ring is 1. The first-order valence-electron chi connectivity index (χ1n) is 5.56. The molecular formula is C12H8BrClN4O3. The van der Waals surface area contributed by atoms with E-state index >= 15 is 0 Å². The fourth-order valence-electron chi connectivity index (χ4n) is 1.54. The van der Waals surface area contributed by atoms with Gasteiger partial charge in [-0.25, -0.2) is 4.98 Å². The molecule has 2 rings (SSSR count). The summed E-state index contributed by atoms with van der Waals surface area (Å²) in [6.07, 6.45) is 0. The summed E-state index contributed by atoms with van der Waals surface area (Å²) in [5.41, 5.74) is 5.52. The number of aromatic nitrogens is 1. The van der Waals surface area contributed by atoms with Crippen molar-refractivity contribution in [1.82, 2.24) is 4.98 Å². The molecule has 1 aromatic carbocycles. The molecule has 21 heavy (non-hydrogen) atoms. The number of benzene rings is 1. The average molecular weight is 372 g/mol. The van der Waals surface area contributed by atoms with Crippen LogP contribution in [0.4, 0.5) is 17.2 Å². The molecule has 0 aliphatic heterocycles.